The van der Waals surface area contributed by atoms with Crippen molar-refractivity contribution in [1.29, 1.82) is 0 Å². The summed E-state index contributed by atoms with van der Waals surface area (Å²) in [6.07, 6.45) is -0.906. The number of benzene rings is 1. The minimum atomic E-state index is -4.77. The third kappa shape index (κ3) is 6.09. The van der Waals surface area contributed by atoms with Gasteiger partial charge in [0.15, 0.2) is 5.69 Å². The lowest BCUT2D eigenvalue weighted by Gasteiger charge is -2.31. The average Bonchev–Trinajstić information content (AvgIpc) is 3.24. The van der Waals surface area contributed by atoms with Crippen LogP contribution in [-0.2, 0) is 11.0 Å². The summed E-state index contributed by atoms with van der Waals surface area (Å²) in [6.45, 7) is 4.91. The monoisotopic (exact) mass is 451 g/mol. The maximum atomic E-state index is 13.4. The summed E-state index contributed by atoms with van der Waals surface area (Å²) in [5, 5.41) is 8.79. The molecular formula is C22H28F3N5O2. The summed E-state index contributed by atoms with van der Waals surface area (Å²) in [5.41, 5.74) is -1.40. The molecule has 1 aliphatic heterocycles. The first kappa shape index (κ1) is 23.8. The van der Waals surface area contributed by atoms with Crippen molar-refractivity contribution in [3.05, 3.63) is 47.8 Å². The van der Waals surface area contributed by atoms with Crippen LogP contribution in [0, 0.1) is 5.92 Å². The molecule has 10 heteroatoms. The number of likely N-dealkylation sites (tertiary alicyclic amines) is 1. The lowest BCUT2D eigenvalue weighted by atomic mass is 9.97. The number of aromatic nitrogens is 2. The molecule has 7 nitrogen and oxygen atoms in total. The van der Waals surface area contributed by atoms with Crippen LogP contribution >= 0.6 is 0 Å². The first-order valence-electron chi connectivity index (χ1n) is 10.8. The van der Waals surface area contributed by atoms with Crippen LogP contribution in [0.15, 0.2) is 36.5 Å². The summed E-state index contributed by atoms with van der Waals surface area (Å²) in [7, 11) is 0. The van der Waals surface area contributed by atoms with E-state index >= 15 is 0 Å². The second kappa shape index (κ2) is 10.6. The zero-order valence-electron chi connectivity index (χ0n) is 18.0. The highest BCUT2D eigenvalue weighted by Gasteiger charge is 2.39. The predicted octanol–water partition coefficient (Wildman–Crippen LogP) is 2.86. The fourth-order valence-corrected chi connectivity index (χ4v) is 3.85. The maximum Gasteiger partial charge on any atom is 0.435 e. The van der Waals surface area contributed by atoms with E-state index in [1.54, 1.807) is 30.3 Å². The highest BCUT2D eigenvalue weighted by molar-refractivity contribution is 5.95. The van der Waals surface area contributed by atoms with E-state index in [0.29, 0.717) is 12.2 Å². The number of carbonyl (C=O) groups is 2. The van der Waals surface area contributed by atoms with Gasteiger partial charge in [0.25, 0.3) is 5.91 Å². The summed E-state index contributed by atoms with van der Waals surface area (Å²) in [4.78, 5) is 27.1. The Balaban J connectivity index is 1.55. The molecular weight excluding hydrogens is 423 g/mol. The predicted molar refractivity (Wildman–Crippen MR) is 113 cm³/mol. The number of rotatable bonds is 8. The van der Waals surface area contributed by atoms with Gasteiger partial charge in [0, 0.05) is 25.8 Å². The molecule has 1 fully saturated rings. The molecule has 3 rings (SSSR count). The quantitative estimate of drug-likeness (QED) is 0.605. The molecule has 0 bridgehead atoms. The van der Waals surface area contributed by atoms with Gasteiger partial charge < -0.3 is 15.5 Å². The van der Waals surface area contributed by atoms with Gasteiger partial charge in [0.2, 0.25) is 5.91 Å². The Hall–Kier alpha value is -2.88. The first-order chi connectivity index (χ1) is 15.3. The van der Waals surface area contributed by atoms with Gasteiger partial charge in [-0.3, -0.25) is 9.59 Å². The number of hydrogen-bond acceptors (Lipinski definition) is 4. The Kier molecular flexibility index (Phi) is 7.89. The second-order valence-electron chi connectivity index (χ2n) is 7.86. The van der Waals surface area contributed by atoms with Gasteiger partial charge in [0.05, 0.1) is 17.2 Å². The zero-order valence-corrected chi connectivity index (χ0v) is 18.0. The van der Waals surface area contributed by atoms with Gasteiger partial charge in [-0.05, 0) is 44.5 Å². The van der Waals surface area contributed by atoms with E-state index in [9.17, 15) is 22.8 Å². The summed E-state index contributed by atoms with van der Waals surface area (Å²) < 4.78 is 41.3. The molecule has 2 N–H and O–H groups in total. The van der Waals surface area contributed by atoms with Crippen molar-refractivity contribution >= 4 is 11.8 Å². The smallest absolute Gasteiger partial charge is 0.354 e. The van der Waals surface area contributed by atoms with Crippen molar-refractivity contribution in [3.63, 3.8) is 0 Å². The van der Waals surface area contributed by atoms with Crippen LogP contribution in [0.3, 0.4) is 0 Å². The van der Waals surface area contributed by atoms with Crippen molar-refractivity contribution in [2.75, 3.05) is 32.7 Å². The Morgan fingerprint density at radius 2 is 1.88 bits per heavy atom. The van der Waals surface area contributed by atoms with Crippen molar-refractivity contribution in [1.82, 2.24) is 25.3 Å². The molecule has 174 valence electrons. The van der Waals surface area contributed by atoms with Crippen molar-refractivity contribution in [2.45, 2.75) is 32.4 Å². The van der Waals surface area contributed by atoms with Crippen molar-refractivity contribution in [3.8, 4) is 5.69 Å². The normalized spacial score (nSPS) is 17.2. The lowest BCUT2D eigenvalue weighted by Crippen LogP contribution is -2.44. The fraction of sp³-hybridized carbons (Fsp3) is 0.500. The third-order valence-corrected chi connectivity index (χ3v) is 5.37. The first-order valence-corrected chi connectivity index (χ1v) is 10.8. The van der Waals surface area contributed by atoms with E-state index in [-0.39, 0.29) is 24.9 Å². The summed E-state index contributed by atoms with van der Waals surface area (Å²) in [5.74, 6) is -1.08. The Labute approximate surface area is 185 Å². The van der Waals surface area contributed by atoms with Gasteiger partial charge >= 0.3 is 6.18 Å². The van der Waals surface area contributed by atoms with E-state index in [1.807, 2.05) is 0 Å². The Morgan fingerprint density at radius 1 is 1.16 bits per heavy atom. The number of nitrogens with zero attached hydrogens (tertiary/aromatic N) is 3. The van der Waals surface area contributed by atoms with E-state index < -0.39 is 23.3 Å². The number of amides is 2. The van der Waals surface area contributed by atoms with Crippen LogP contribution in [0.1, 0.15) is 42.2 Å². The molecule has 1 aromatic heterocycles. The number of carbonyl (C=O) groups excluding carboxylic acids is 2. The Bertz CT molecular complexity index is 912. The molecule has 1 aliphatic rings. The topological polar surface area (TPSA) is 79.3 Å². The van der Waals surface area contributed by atoms with E-state index in [2.05, 4.69) is 27.6 Å². The van der Waals surface area contributed by atoms with Crippen LogP contribution in [0.25, 0.3) is 5.69 Å². The van der Waals surface area contributed by atoms with Crippen LogP contribution in [-0.4, -0.2) is 59.2 Å². The van der Waals surface area contributed by atoms with Crippen LogP contribution < -0.4 is 10.6 Å². The number of nitrogens with one attached hydrogen (secondary N) is 2. The fourth-order valence-electron chi connectivity index (χ4n) is 3.85. The number of halogens is 3. The van der Waals surface area contributed by atoms with E-state index in [0.717, 1.165) is 43.2 Å². The molecule has 1 aromatic carbocycles. The Morgan fingerprint density at radius 3 is 2.56 bits per heavy atom. The molecule has 1 atom stereocenters. The van der Waals surface area contributed by atoms with Crippen molar-refractivity contribution < 1.29 is 22.8 Å². The third-order valence-electron chi connectivity index (χ3n) is 5.37. The number of para-hydroxylation sites is 1. The molecule has 0 spiro atoms. The van der Waals surface area contributed by atoms with Crippen LogP contribution in [0.4, 0.5) is 13.2 Å². The molecule has 2 amide bonds. The van der Waals surface area contributed by atoms with Gasteiger partial charge in [0.1, 0.15) is 0 Å². The number of alkyl halides is 3. The number of piperidine rings is 1. The summed E-state index contributed by atoms with van der Waals surface area (Å²) in [6, 6.07) is 8.25. The molecule has 0 saturated carbocycles. The maximum absolute atomic E-state index is 13.4. The second-order valence-corrected chi connectivity index (χ2v) is 7.86. The molecule has 2 heterocycles. The van der Waals surface area contributed by atoms with Crippen LogP contribution in [0.2, 0.25) is 0 Å². The van der Waals surface area contributed by atoms with Gasteiger partial charge in [-0.1, -0.05) is 25.1 Å². The zero-order chi connectivity index (χ0) is 23.1. The molecule has 0 radical (unpaired) electrons. The van der Waals surface area contributed by atoms with Gasteiger partial charge in [-0.25, -0.2) is 4.68 Å². The minimum Gasteiger partial charge on any atom is -0.354 e. The highest BCUT2D eigenvalue weighted by Crippen LogP contribution is 2.31. The highest BCUT2D eigenvalue weighted by atomic mass is 19.4. The van der Waals surface area contributed by atoms with E-state index in [1.165, 1.54) is 0 Å². The van der Waals surface area contributed by atoms with Crippen molar-refractivity contribution in [2.24, 2.45) is 5.92 Å². The van der Waals surface area contributed by atoms with E-state index in [4.69, 9.17) is 0 Å². The molecule has 1 saturated heterocycles. The SMILES string of the molecule is CCCN1CCCC(C(=O)NCCNC(=O)c2cn(-c3ccccc3)nc2C(F)(F)F)C1. The summed E-state index contributed by atoms with van der Waals surface area (Å²) >= 11 is 0. The average molecular weight is 451 g/mol. The standard InChI is InChI=1S/C22H28F3N5O2/c1-2-12-29-13-6-7-16(14-29)20(31)26-10-11-27-21(32)18-15-30(17-8-4-3-5-9-17)28-19(18)22(23,24)25/h3-5,8-9,15-16H,2,6-7,10-14H2,1H3,(H,26,31)(H,27,32). The van der Waals surface area contributed by atoms with Gasteiger partial charge in [-0.2, -0.15) is 18.3 Å². The molecule has 0 aliphatic carbocycles. The molecule has 2 aromatic rings. The number of hydrogen-bond donors (Lipinski definition) is 2. The molecule has 1 unspecified atom stereocenters. The van der Waals surface area contributed by atoms with Crippen LogP contribution in [0.5, 0.6) is 0 Å². The lowest BCUT2D eigenvalue weighted by molar-refractivity contribution is -0.141. The molecule has 32 heavy (non-hydrogen) atoms. The largest absolute Gasteiger partial charge is 0.435 e. The minimum absolute atomic E-state index is 0.0176. The van der Waals surface area contributed by atoms with Gasteiger partial charge in [-0.15, -0.1) is 0 Å².